The van der Waals surface area contributed by atoms with Gasteiger partial charge in [-0.05, 0) is 60.0 Å². The molecule has 0 radical (unpaired) electrons. The topological polar surface area (TPSA) is 97.4 Å². The number of aryl methyl sites for hydroxylation is 1. The number of hydrogen-bond donors (Lipinski definition) is 1. The lowest BCUT2D eigenvalue weighted by molar-refractivity contribution is -0.127. The molecule has 1 atom stereocenters. The van der Waals surface area contributed by atoms with Gasteiger partial charge in [0, 0.05) is 26.2 Å². The van der Waals surface area contributed by atoms with E-state index in [0.717, 1.165) is 44.0 Å². The Kier molecular flexibility index (Phi) is 8.06. The molecule has 0 aromatic heterocycles. The highest BCUT2D eigenvalue weighted by Crippen LogP contribution is 2.38. The summed E-state index contributed by atoms with van der Waals surface area (Å²) in [6.45, 7) is 6.15. The molecule has 0 bridgehead atoms. The van der Waals surface area contributed by atoms with Crippen LogP contribution in [0.4, 0.5) is 5.69 Å². The van der Waals surface area contributed by atoms with Crippen LogP contribution in [0.2, 0.25) is 0 Å². The number of benzene rings is 3. The number of rotatable bonds is 8. The first-order valence-corrected chi connectivity index (χ1v) is 14.4. The summed E-state index contributed by atoms with van der Waals surface area (Å²) in [5, 5.41) is 2.93. The molecule has 5 rings (SSSR count). The van der Waals surface area contributed by atoms with Gasteiger partial charge in [0.15, 0.2) is 6.10 Å². The van der Waals surface area contributed by atoms with Crippen molar-refractivity contribution in [3.63, 3.8) is 0 Å². The number of sulfonamides is 1. The number of anilines is 1. The van der Waals surface area contributed by atoms with Gasteiger partial charge < -0.3 is 19.5 Å². The van der Waals surface area contributed by atoms with Crippen LogP contribution in [-0.2, 0) is 32.6 Å². The highest BCUT2D eigenvalue weighted by atomic mass is 32.2. The number of nitrogens with one attached hydrogen (secondary N) is 1. The number of ether oxygens (including phenoxy) is 3. The summed E-state index contributed by atoms with van der Waals surface area (Å²) >= 11 is 0. The van der Waals surface area contributed by atoms with E-state index in [0.29, 0.717) is 23.7 Å². The van der Waals surface area contributed by atoms with Gasteiger partial charge >= 0.3 is 0 Å². The SMILES string of the molecule is COc1ccc(S(=O)(=O)N2CC(C(=O)NCc3cccc(CN4CCOCC4)c3)Oc3ccc(C)cc32)cc1. The Labute approximate surface area is 229 Å². The lowest BCUT2D eigenvalue weighted by Gasteiger charge is -2.35. The molecule has 10 heteroatoms. The molecule has 2 aliphatic heterocycles. The molecular weight excluding hydrogens is 518 g/mol. The van der Waals surface area contributed by atoms with Crippen molar-refractivity contribution in [2.45, 2.75) is 31.0 Å². The van der Waals surface area contributed by atoms with Crippen LogP contribution in [0.3, 0.4) is 0 Å². The molecule has 1 fully saturated rings. The van der Waals surface area contributed by atoms with Crippen LogP contribution < -0.4 is 19.1 Å². The minimum absolute atomic E-state index is 0.105. The van der Waals surface area contributed by atoms with Gasteiger partial charge in [0.25, 0.3) is 15.9 Å². The van der Waals surface area contributed by atoms with Crippen LogP contribution in [0.25, 0.3) is 0 Å². The van der Waals surface area contributed by atoms with Gasteiger partial charge in [0.05, 0.1) is 37.5 Å². The Morgan fingerprint density at radius 1 is 1.03 bits per heavy atom. The molecule has 9 nitrogen and oxygen atoms in total. The predicted molar refractivity (Wildman–Crippen MR) is 148 cm³/mol. The van der Waals surface area contributed by atoms with Crippen molar-refractivity contribution >= 4 is 21.6 Å². The van der Waals surface area contributed by atoms with Crippen LogP contribution in [-0.4, -0.2) is 65.3 Å². The number of amides is 1. The predicted octanol–water partition coefficient (Wildman–Crippen LogP) is 3.11. The number of fused-ring (bicyclic) bond motifs is 1. The number of methoxy groups -OCH3 is 1. The van der Waals surface area contributed by atoms with E-state index in [9.17, 15) is 13.2 Å². The van der Waals surface area contributed by atoms with Crippen molar-refractivity contribution in [3.05, 3.63) is 83.4 Å². The highest BCUT2D eigenvalue weighted by Gasteiger charge is 2.37. The average molecular weight is 552 g/mol. The molecule has 0 spiro atoms. The first kappa shape index (κ1) is 27.0. The van der Waals surface area contributed by atoms with Crippen molar-refractivity contribution in [1.82, 2.24) is 10.2 Å². The molecule has 1 amide bonds. The maximum atomic E-state index is 13.7. The molecule has 3 aromatic carbocycles. The van der Waals surface area contributed by atoms with Crippen molar-refractivity contribution in [2.24, 2.45) is 0 Å². The quantitative estimate of drug-likeness (QED) is 0.460. The summed E-state index contributed by atoms with van der Waals surface area (Å²) in [6.07, 6.45) is -1.01. The fraction of sp³-hybridized carbons (Fsp3) is 0.345. The summed E-state index contributed by atoms with van der Waals surface area (Å²) in [7, 11) is -2.44. The first-order valence-electron chi connectivity index (χ1n) is 12.9. The smallest absolute Gasteiger partial charge is 0.264 e. The molecule has 206 valence electrons. The van der Waals surface area contributed by atoms with E-state index in [1.165, 1.54) is 29.1 Å². The van der Waals surface area contributed by atoms with Gasteiger partial charge in [-0.15, -0.1) is 0 Å². The minimum atomic E-state index is -3.97. The van der Waals surface area contributed by atoms with Gasteiger partial charge in [-0.3, -0.25) is 14.0 Å². The van der Waals surface area contributed by atoms with Crippen molar-refractivity contribution in [1.29, 1.82) is 0 Å². The standard InChI is InChI=1S/C29H33N3O6S/c1-21-6-11-27-26(16-21)32(39(34,35)25-9-7-24(36-2)8-10-25)20-28(38-27)29(33)30-18-22-4-3-5-23(17-22)19-31-12-14-37-15-13-31/h3-11,16-17,28H,12-15,18-20H2,1-2H3,(H,30,33). The zero-order valence-electron chi connectivity index (χ0n) is 22.1. The maximum Gasteiger partial charge on any atom is 0.264 e. The monoisotopic (exact) mass is 551 g/mol. The third-order valence-electron chi connectivity index (χ3n) is 6.89. The zero-order valence-corrected chi connectivity index (χ0v) is 22.9. The number of hydrogen-bond acceptors (Lipinski definition) is 7. The van der Waals surface area contributed by atoms with Gasteiger partial charge in [-0.25, -0.2) is 8.42 Å². The second-order valence-corrected chi connectivity index (χ2v) is 11.6. The molecule has 0 saturated carbocycles. The van der Waals surface area contributed by atoms with E-state index in [4.69, 9.17) is 14.2 Å². The summed E-state index contributed by atoms with van der Waals surface area (Å²) in [5.41, 5.74) is 3.42. The second-order valence-electron chi connectivity index (χ2n) is 9.72. The molecule has 2 aliphatic rings. The van der Waals surface area contributed by atoms with Crippen LogP contribution in [0, 0.1) is 6.92 Å². The summed E-state index contributed by atoms with van der Waals surface area (Å²) in [6, 6.07) is 19.6. The third-order valence-corrected chi connectivity index (χ3v) is 8.69. The Hall–Kier alpha value is -3.60. The van der Waals surface area contributed by atoms with Crippen LogP contribution in [0.5, 0.6) is 11.5 Å². The van der Waals surface area contributed by atoms with Gasteiger partial charge in [0.2, 0.25) is 0 Å². The molecular formula is C29H33N3O6S. The molecule has 0 aliphatic carbocycles. The second kappa shape index (κ2) is 11.6. The lowest BCUT2D eigenvalue weighted by atomic mass is 10.1. The van der Waals surface area contributed by atoms with Gasteiger partial charge in [-0.1, -0.05) is 30.3 Å². The number of morpholine rings is 1. The fourth-order valence-electron chi connectivity index (χ4n) is 4.76. The third kappa shape index (κ3) is 6.19. The summed E-state index contributed by atoms with van der Waals surface area (Å²) in [5.74, 6) is 0.518. The van der Waals surface area contributed by atoms with E-state index in [1.807, 2.05) is 25.1 Å². The molecule has 1 N–H and O–H groups in total. The van der Waals surface area contributed by atoms with Gasteiger partial charge in [-0.2, -0.15) is 0 Å². The summed E-state index contributed by atoms with van der Waals surface area (Å²) in [4.78, 5) is 15.7. The number of carbonyl (C=O) groups is 1. The van der Waals surface area contributed by atoms with Crippen LogP contribution in [0.1, 0.15) is 16.7 Å². The van der Waals surface area contributed by atoms with E-state index in [-0.39, 0.29) is 17.3 Å². The van der Waals surface area contributed by atoms with E-state index < -0.39 is 16.1 Å². The molecule has 1 unspecified atom stereocenters. The lowest BCUT2D eigenvalue weighted by Crippen LogP contribution is -2.50. The van der Waals surface area contributed by atoms with E-state index in [1.54, 1.807) is 24.3 Å². The Morgan fingerprint density at radius 3 is 2.51 bits per heavy atom. The number of carbonyl (C=O) groups excluding carboxylic acids is 1. The normalized spacial score (nSPS) is 17.7. The largest absolute Gasteiger partial charge is 0.497 e. The maximum absolute atomic E-state index is 13.7. The Balaban J connectivity index is 1.31. The molecule has 3 aromatic rings. The van der Waals surface area contributed by atoms with Crippen molar-refractivity contribution < 1.29 is 27.4 Å². The number of nitrogens with zero attached hydrogens (tertiary/aromatic N) is 2. The first-order chi connectivity index (χ1) is 18.8. The molecule has 1 saturated heterocycles. The summed E-state index contributed by atoms with van der Waals surface area (Å²) < 4.78 is 45.2. The van der Waals surface area contributed by atoms with E-state index in [2.05, 4.69) is 22.3 Å². The van der Waals surface area contributed by atoms with Crippen molar-refractivity contribution in [3.8, 4) is 11.5 Å². The van der Waals surface area contributed by atoms with Crippen LogP contribution >= 0.6 is 0 Å². The highest BCUT2D eigenvalue weighted by molar-refractivity contribution is 7.92. The molecule has 39 heavy (non-hydrogen) atoms. The molecule has 2 heterocycles. The van der Waals surface area contributed by atoms with Crippen molar-refractivity contribution in [2.75, 3.05) is 44.3 Å². The van der Waals surface area contributed by atoms with Crippen LogP contribution in [0.15, 0.2) is 71.6 Å². The van der Waals surface area contributed by atoms with E-state index >= 15 is 0 Å². The Morgan fingerprint density at radius 2 is 1.77 bits per heavy atom. The zero-order chi connectivity index (χ0) is 27.4. The minimum Gasteiger partial charge on any atom is -0.497 e. The fourth-order valence-corrected chi connectivity index (χ4v) is 6.23. The van der Waals surface area contributed by atoms with Gasteiger partial charge in [0.1, 0.15) is 11.5 Å². The Bertz CT molecular complexity index is 1420. The average Bonchev–Trinajstić information content (AvgIpc) is 2.96.